The van der Waals surface area contributed by atoms with Gasteiger partial charge in [0.05, 0.1) is 6.04 Å². The molecule has 6 nitrogen and oxygen atoms in total. The number of aliphatic carboxylic acids is 1. The Morgan fingerprint density at radius 1 is 1.45 bits per heavy atom. The van der Waals surface area contributed by atoms with Crippen LogP contribution in [0.3, 0.4) is 0 Å². The topological polar surface area (TPSA) is 72.9 Å². The van der Waals surface area contributed by atoms with Gasteiger partial charge in [-0.25, -0.2) is 0 Å². The number of amides is 1. The van der Waals surface area contributed by atoms with E-state index >= 15 is 0 Å². The number of nitrogens with one attached hydrogen (secondary N) is 1. The highest BCUT2D eigenvalue weighted by molar-refractivity contribution is 5.82. The molecule has 3 atom stereocenters. The van der Waals surface area contributed by atoms with E-state index in [1.807, 2.05) is 6.08 Å². The fourth-order valence-corrected chi connectivity index (χ4v) is 3.20. The Morgan fingerprint density at radius 2 is 2.20 bits per heavy atom. The molecule has 0 saturated carbocycles. The van der Waals surface area contributed by atoms with Crippen LogP contribution in [-0.2, 0) is 9.59 Å². The average Bonchev–Trinajstić information content (AvgIpc) is 2.96. The first kappa shape index (κ1) is 15.0. The summed E-state index contributed by atoms with van der Waals surface area (Å²) < 4.78 is 0. The van der Waals surface area contributed by atoms with Gasteiger partial charge in [0.15, 0.2) is 0 Å². The van der Waals surface area contributed by atoms with Crippen LogP contribution in [0.2, 0.25) is 0 Å². The highest BCUT2D eigenvalue weighted by Crippen LogP contribution is 2.20. The molecule has 6 heteroatoms. The molecule has 0 spiro atoms. The fraction of sp³-hybridized carbons (Fsp3) is 0.714. The number of rotatable bonds is 5. The summed E-state index contributed by atoms with van der Waals surface area (Å²) in [6.07, 6.45) is 4.18. The number of likely N-dealkylation sites (N-methyl/N-ethyl adjacent to an activating group) is 1. The molecule has 2 heterocycles. The third kappa shape index (κ3) is 3.19. The van der Waals surface area contributed by atoms with Gasteiger partial charge in [-0.3, -0.25) is 19.4 Å². The van der Waals surface area contributed by atoms with Crippen LogP contribution in [0.1, 0.15) is 19.3 Å². The first-order chi connectivity index (χ1) is 9.52. The zero-order valence-corrected chi connectivity index (χ0v) is 11.9. The van der Waals surface area contributed by atoms with Gasteiger partial charge in [-0.15, -0.1) is 6.58 Å². The van der Waals surface area contributed by atoms with Crippen LogP contribution in [0.5, 0.6) is 0 Å². The number of carbonyl (C=O) groups is 2. The standard InChI is InChI=1S/C14H23N3O3/c1-3-6-17-7-4-5-11(17)13(18)15-10-8-12(14(19)20)16(2)9-10/h3,10-12H,1,4-9H2,2H3,(H,15,18)(H,19,20)/t10-,11+,12+/m1/s1. The first-order valence-electron chi connectivity index (χ1n) is 7.11. The van der Waals surface area contributed by atoms with Crippen molar-refractivity contribution in [2.24, 2.45) is 0 Å². The van der Waals surface area contributed by atoms with Gasteiger partial charge in [0.1, 0.15) is 6.04 Å². The van der Waals surface area contributed by atoms with Crippen molar-refractivity contribution < 1.29 is 14.7 Å². The van der Waals surface area contributed by atoms with Crippen molar-refractivity contribution >= 4 is 11.9 Å². The molecule has 2 saturated heterocycles. The molecule has 0 aliphatic carbocycles. The van der Waals surface area contributed by atoms with Crippen molar-refractivity contribution in [3.05, 3.63) is 12.7 Å². The zero-order valence-electron chi connectivity index (χ0n) is 11.9. The van der Waals surface area contributed by atoms with E-state index in [0.717, 1.165) is 25.9 Å². The highest BCUT2D eigenvalue weighted by Gasteiger charge is 2.37. The lowest BCUT2D eigenvalue weighted by molar-refractivity contribution is -0.141. The van der Waals surface area contributed by atoms with Gasteiger partial charge >= 0.3 is 5.97 Å². The lowest BCUT2D eigenvalue weighted by Crippen LogP contribution is -2.47. The SMILES string of the molecule is C=CCN1CCC[C@H]1C(=O)N[C@@H]1C[C@@H](C(=O)O)N(C)C1. The van der Waals surface area contributed by atoms with Crippen LogP contribution in [0, 0.1) is 0 Å². The first-order valence-corrected chi connectivity index (χ1v) is 7.11. The summed E-state index contributed by atoms with van der Waals surface area (Å²) in [5.41, 5.74) is 0. The number of likely N-dealkylation sites (tertiary alicyclic amines) is 2. The van der Waals surface area contributed by atoms with E-state index in [2.05, 4.69) is 16.8 Å². The molecule has 2 rings (SSSR count). The second-order valence-electron chi connectivity index (χ2n) is 5.68. The summed E-state index contributed by atoms with van der Waals surface area (Å²) in [5.74, 6) is -0.799. The maximum absolute atomic E-state index is 12.3. The molecule has 1 amide bonds. The van der Waals surface area contributed by atoms with Crippen molar-refractivity contribution in [2.75, 3.05) is 26.7 Å². The molecule has 0 unspecified atom stereocenters. The summed E-state index contributed by atoms with van der Waals surface area (Å²) >= 11 is 0. The largest absolute Gasteiger partial charge is 0.480 e. The zero-order chi connectivity index (χ0) is 14.7. The molecule has 0 radical (unpaired) electrons. The molecule has 0 bridgehead atoms. The van der Waals surface area contributed by atoms with Crippen LogP contribution in [0.25, 0.3) is 0 Å². The Morgan fingerprint density at radius 3 is 2.80 bits per heavy atom. The monoisotopic (exact) mass is 281 g/mol. The van der Waals surface area contributed by atoms with E-state index in [-0.39, 0.29) is 18.0 Å². The number of carboxylic acids is 1. The van der Waals surface area contributed by atoms with E-state index < -0.39 is 12.0 Å². The van der Waals surface area contributed by atoms with E-state index in [0.29, 0.717) is 13.0 Å². The summed E-state index contributed by atoms with van der Waals surface area (Å²) in [6.45, 7) is 5.95. The lowest BCUT2D eigenvalue weighted by atomic mass is 10.1. The number of nitrogens with zero attached hydrogens (tertiary/aromatic N) is 2. The van der Waals surface area contributed by atoms with Gasteiger partial charge in [0.2, 0.25) is 5.91 Å². The van der Waals surface area contributed by atoms with Crippen LogP contribution in [-0.4, -0.2) is 71.6 Å². The molecular weight excluding hydrogens is 258 g/mol. The minimum Gasteiger partial charge on any atom is -0.480 e. The molecule has 0 aromatic rings. The normalized spacial score (nSPS) is 31.4. The lowest BCUT2D eigenvalue weighted by Gasteiger charge is -2.23. The van der Waals surface area contributed by atoms with E-state index in [9.17, 15) is 9.59 Å². The number of carbonyl (C=O) groups excluding carboxylic acids is 1. The summed E-state index contributed by atoms with van der Waals surface area (Å²) in [5, 5.41) is 12.1. The Labute approximate surface area is 119 Å². The Bertz CT molecular complexity index is 399. The molecule has 20 heavy (non-hydrogen) atoms. The van der Waals surface area contributed by atoms with Gasteiger partial charge in [-0.1, -0.05) is 6.08 Å². The van der Waals surface area contributed by atoms with E-state index in [1.165, 1.54) is 0 Å². The summed E-state index contributed by atoms with van der Waals surface area (Å²) in [4.78, 5) is 27.3. The molecule has 112 valence electrons. The van der Waals surface area contributed by atoms with E-state index in [1.54, 1.807) is 11.9 Å². The van der Waals surface area contributed by atoms with Gasteiger partial charge in [0.25, 0.3) is 0 Å². The molecule has 2 N–H and O–H groups in total. The second-order valence-corrected chi connectivity index (χ2v) is 5.68. The average molecular weight is 281 g/mol. The molecule has 0 aromatic carbocycles. The van der Waals surface area contributed by atoms with Crippen molar-refractivity contribution in [1.82, 2.24) is 15.1 Å². The third-order valence-electron chi connectivity index (χ3n) is 4.21. The smallest absolute Gasteiger partial charge is 0.320 e. The minimum absolute atomic E-state index is 0.0220. The van der Waals surface area contributed by atoms with Crippen molar-refractivity contribution in [1.29, 1.82) is 0 Å². The summed E-state index contributed by atoms with van der Waals surface area (Å²) in [7, 11) is 1.78. The molecule has 2 aliphatic heterocycles. The van der Waals surface area contributed by atoms with E-state index in [4.69, 9.17) is 5.11 Å². The van der Waals surface area contributed by atoms with Gasteiger partial charge < -0.3 is 10.4 Å². The van der Waals surface area contributed by atoms with Crippen molar-refractivity contribution in [3.8, 4) is 0 Å². The number of carboxylic acid groups (broad SMARTS) is 1. The van der Waals surface area contributed by atoms with Crippen LogP contribution < -0.4 is 5.32 Å². The summed E-state index contributed by atoms with van der Waals surface area (Å²) in [6, 6.07) is -0.657. The Hall–Kier alpha value is -1.40. The predicted octanol–water partition coefficient (Wildman–Crippen LogP) is -0.0897. The number of hydrogen-bond acceptors (Lipinski definition) is 4. The van der Waals surface area contributed by atoms with Crippen LogP contribution in [0.4, 0.5) is 0 Å². The maximum atomic E-state index is 12.3. The van der Waals surface area contributed by atoms with Gasteiger partial charge in [-0.2, -0.15) is 0 Å². The fourth-order valence-electron chi connectivity index (χ4n) is 3.20. The molecule has 2 aliphatic rings. The molecule has 2 fully saturated rings. The highest BCUT2D eigenvalue weighted by atomic mass is 16.4. The Kier molecular flexibility index (Phi) is 4.77. The van der Waals surface area contributed by atoms with Gasteiger partial charge in [0, 0.05) is 19.1 Å². The van der Waals surface area contributed by atoms with Crippen molar-refractivity contribution in [2.45, 2.75) is 37.4 Å². The second kappa shape index (κ2) is 6.37. The van der Waals surface area contributed by atoms with Crippen molar-refractivity contribution in [3.63, 3.8) is 0 Å². The van der Waals surface area contributed by atoms with Crippen LogP contribution in [0.15, 0.2) is 12.7 Å². The van der Waals surface area contributed by atoms with Gasteiger partial charge in [-0.05, 0) is 32.9 Å². The minimum atomic E-state index is -0.821. The quantitative estimate of drug-likeness (QED) is 0.689. The molecule has 0 aromatic heterocycles. The predicted molar refractivity (Wildman–Crippen MR) is 75.4 cm³/mol. The Balaban J connectivity index is 1.89. The maximum Gasteiger partial charge on any atom is 0.320 e. The molecular formula is C14H23N3O3. The van der Waals surface area contributed by atoms with Crippen LogP contribution >= 0.6 is 0 Å². The third-order valence-corrected chi connectivity index (χ3v) is 4.21. The number of hydrogen-bond donors (Lipinski definition) is 2.